The van der Waals surface area contributed by atoms with Gasteiger partial charge in [-0.2, -0.15) is 0 Å². The normalized spacial score (nSPS) is 15.6. The molecule has 3 N–H and O–H groups in total. The number of hydrogen-bond acceptors (Lipinski definition) is 4. The van der Waals surface area contributed by atoms with E-state index in [0.29, 0.717) is 22.2 Å². The number of amides is 1. The van der Waals surface area contributed by atoms with Crippen molar-refractivity contribution >= 4 is 17.2 Å². The molecule has 6 heteroatoms. The summed E-state index contributed by atoms with van der Waals surface area (Å²) >= 11 is 1.53. The van der Waals surface area contributed by atoms with E-state index in [1.165, 1.54) is 54.0 Å². The molecular weight excluding hydrogens is 274 g/mol. The van der Waals surface area contributed by atoms with Gasteiger partial charge in [0.25, 0.3) is 5.91 Å². The third kappa shape index (κ3) is 2.38. The summed E-state index contributed by atoms with van der Waals surface area (Å²) in [7, 11) is 0. The summed E-state index contributed by atoms with van der Waals surface area (Å²) in [6, 6.07) is 2.75. The number of H-pyrrole nitrogens is 1. The second-order valence-electron chi connectivity index (χ2n) is 5.02. The maximum atomic E-state index is 11.5. The maximum absolute atomic E-state index is 11.5. The van der Waals surface area contributed by atoms with Crippen molar-refractivity contribution in [2.75, 3.05) is 0 Å². The molecule has 1 amide bonds. The van der Waals surface area contributed by atoms with Crippen molar-refractivity contribution < 1.29 is 4.79 Å². The van der Waals surface area contributed by atoms with Gasteiger partial charge < -0.3 is 10.7 Å². The lowest BCUT2D eigenvalue weighted by molar-refractivity contribution is 0.100. The van der Waals surface area contributed by atoms with Crippen LogP contribution in [-0.4, -0.2) is 15.9 Å². The smallest absolute Gasteiger partial charge is 0.250 e. The summed E-state index contributed by atoms with van der Waals surface area (Å²) in [5.41, 5.74) is 5.82. The highest BCUT2D eigenvalue weighted by Gasteiger charge is 2.21. The van der Waals surface area contributed by atoms with Gasteiger partial charge in [0.2, 0.25) is 5.56 Å². The van der Waals surface area contributed by atoms with Gasteiger partial charge in [0, 0.05) is 17.1 Å². The Labute approximate surface area is 119 Å². The SMILES string of the molecule is NC(=O)c1ccc(=O)[nH]c1-c1ncc(C2CCCC2)s1. The summed E-state index contributed by atoms with van der Waals surface area (Å²) in [5.74, 6) is 0.00239. The molecule has 1 aliphatic rings. The topological polar surface area (TPSA) is 88.8 Å². The molecule has 0 bridgehead atoms. The van der Waals surface area contributed by atoms with Gasteiger partial charge in [0.1, 0.15) is 5.01 Å². The Balaban J connectivity index is 2.02. The molecule has 0 atom stereocenters. The number of carbonyl (C=O) groups is 1. The number of nitrogens with zero attached hydrogens (tertiary/aromatic N) is 1. The molecule has 0 unspecified atom stereocenters. The lowest BCUT2D eigenvalue weighted by Gasteiger charge is -2.04. The van der Waals surface area contributed by atoms with E-state index in [2.05, 4.69) is 9.97 Å². The van der Waals surface area contributed by atoms with Crippen LogP contribution in [0.1, 0.15) is 46.8 Å². The maximum Gasteiger partial charge on any atom is 0.250 e. The van der Waals surface area contributed by atoms with E-state index in [9.17, 15) is 9.59 Å². The quantitative estimate of drug-likeness (QED) is 0.908. The molecule has 0 radical (unpaired) electrons. The van der Waals surface area contributed by atoms with Crippen molar-refractivity contribution in [1.82, 2.24) is 9.97 Å². The molecule has 3 rings (SSSR count). The summed E-state index contributed by atoms with van der Waals surface area (Å²) in [4.78, 5) is 31.2. The number of pyridine rings is 1. The zero-order valence-electron chi connectivity index (χ0n) is 10.9. The summed E-state index contributed by atoms with van der Waals surface area (Å²) in [6.45, 7) is 0. The van der Waals surface area contributed by atoms with Crippen molar-refractivity contribution in [2.24, 2.45) is 5.73 Å². The first kappa shape index (κ1) is 13.1. The summed E-state index contributed by atoms with van der Waals surface area (Å²) in [6.07, 6.45) is 6.75. The van der Waals surface area contributed by atoms with E-state index in [-0.39, 0.29) is 5.56 Å². The molecule has 0 saturated heterocycles. The predicted molar refractivity (Wildman–Crippen MR) is 77.9 cm³/mol. The van der Waals surface area contributed by atoms with E-state index >= 15 is 0 Å². The number of hydrogen-bond donors (Lipinski definition) is 2. The van der Waals surface area contributed by atoms with Crippen LogP contribution in [0.25, 0.3) is 10.7 Å². The molecule has 1 aliphatic carbocycles. The van der Waals surface area contributed by atoms with Crippen molar-refractivity contribution in [3.05, 3.63) is 39.1 Å². The Kier molecular flexibility index (Phi) is 3.40. The number of primary amides is 1. The van der Waals surface area contributed by atoms with E-state index in [4.69, 9.17) is 5.73 Å². The molecular formula is C14H15N3O2S. The molecule has 0 aromatic carbocycles. The Morgan fingerprint density at radius 1 is 1.35 bits per heavy atom. The van der Waals surface area contributed by atoms with Gasteiger partial charge in [-0.15, -0.1) is 11.3 Å². The van der Waals surface area contributed by atoms with Gasteiger partial charge in [-0.3, -0.25) is 9.59 Å². The van der Waals surface area contributed by atoms with Crippen molar-refractivity contribution in [2.45, 2.75) is 31.6 Å². The average Bonchev–Trinajstić information content (AvgIpc) is 3.09. The van der Waals surface area contributed by atoms with Gasteiger partial charge in [0.05, 0.1) is 11.3 Å². The van der Waals surface area contributed by atoms with Crippen LogP contribution in [0.5, 0.6) is 0 Å². The standard InChI is InChI=1S/C14H15N3O2S/c15-13(19)9-5-6-11(18)17-12(9)14-16-7-10(20-14)8-3-1-2-4-8/h5-8H,1-4H2,(H2,15,19)(H,17,18). The number of rotatable bonds is 3. The summed E-state index contributed by atoms with van der Waals surface area (Å²) in [5, 5.41) is 0.651. The number of carbonyl (C=O) groups excluding carboxylic acids is 1. The molecule has 1 fully saturated rings. The highest BCUT2D eigenvalue weighted by Crippen LogP contribution is 2.38. The van der Waals surface area contributed by atoms with Crippen molar-refractivity contribution in [3.63, 3.8) is 0 Å². The first-order chi connectivity index (χ1) is 9.65. The lowest BCUT2D eigenvalue weighted by atomic mass is 10.1. The van der Waals surface area contributed by atoms with Gasteiger partial charge in [0.15, 0.2) is 0 Å². The van der Waals surface area contributed by atoms with Crippen LogP contribution >= 0.6 is 11.3 Å². The molecule has 2 aromatic heterocycles. The third-order valence-electron chi connectivity index (χ3n) is 3.68. The predicted octanol–water partition coefficient (Wildman–Crippen LogP) is 2.25. The number of aromatic nitrogens is 2. The highest BCUT2D eigenvalue weighted by atomic mass is 32.1. The second-order valence-corrected chi connectivity index (χ2v) is 6.09. The number of thiazole rings is 1. The fraction of sp³-hybridized carbons (Fsp3) is 0.357. The minimum atomic E-state index is -0.561. The molecule has 20 heavy (non-hydrogen) atoms. The van der Waals surface area contributed by atoms with E-state index in [1.807, 2.05) is 6.20 Å². The lowest BCUT2D eigenvalue weighted by Crippen LogP contribution is -2.16. The van der Waals surface area contributed by atoms with Crippen LogP contribution < -0.4 is 11.3 Å². The van der Waals surface area contributed by atoms with E-state index < -0.39 is 5.91 Å². The molecule has 2 aromatic rings. The van der Waals surface area contributed by atoms with Crippen molar-refractivity contribution in [1.29, 1.82) is 0 Å². The molecule has 104 valence electrons. The molecule has 0 spiro atoms. The Hall–Kier alpha value is -1.95. The Bertz CT molecular complexity index is 698. The fourth-order valence-electron chi connectivity index (χ4n) is 2.65. The Morgan fingerprint density at radius 3 is 2.80 bits per heavy atom. The zero-order valence-corrected chi connectivity index (χ0v) is 11.7. The van der Waals surface area contributed by atoms with Crippen LogP contribution in [0.15, 0.2) is 23.1 Å². The Morgan fingerprint density at radius 2 is 2.10 bits per heavy atom. The monoisotopic (exact) mass is 289 g/mol. The van der Waals surface area contributed by atoms with Gasteiger partial charge >= 0.3 is 0 Å². The van der Waals surface area contributed by atoms with Crippen LogP contribution in [-0.2, 0) is 0 Å². The van der Waals surface area contributed by atoms with Crippen LogP contribution in [0.2, 0.25) is 0 Å². The van der Waals surface area contributed by atoms with Crippen molar-refractivity contribution in [3.8, 4) is 10.7 Å². The zero-order chi connectivity index (χ0) is 14.1. The largest absolute Gasteiger partial charge is 0.366 e. The van der Waals surface area contributed by atoms with Crippen LogP contribution in [0.4, 0.5) is 0 Å². The first-order valence-electron chi connectivity index (χ1n) is 6.64. The third-order valence-corrected chi connectivity index (χ3v) is 4.86. The summed E-state index contributed by atoms with van der Waals surface area (Å²) < 4.78 is 0. The first-order valence-corrected chi connectivity index (χ1v) is 7.46. The molecule has 2 heterocycles. The highest BCUT2D eigenvalue weighted by molar-refractivity contribution is 7.15. The average molecular weight is 289 g/mol. The second kappa shape index (κ2) is 5.20. The molecule has 5 nitrogen and oxygen atoms in total. The molecule has 1 saturated carbocycles. The fourth-order valence-corrected chi connectivity index (χ4v) is 3.75. The van der Waals surface area contributed by atoms with Crippen LogP contribution in [0, 0.1) is 0 Å². The van der Waals surface area contributed by atoms with Crippen LogP contribution in [0.3, 0.4) is 0 Å². The van der Waals surface area contributed by atoms with E-state index in [1.54, 1.807) is 0 Å². The number of nitrogens with one attached hydrogen (secondary N) is 1. The minimum absolute atomic E-state index is 0.261. The van der Waals surface area contributed by atoms with Gasteiger partial charge in [-0.1, -0.05) is 12.8 Å². The van der Waals surface area contributed by atoms with Gasteiger partial charge in [-0.25, -0.2) is 4.98 Å². The minimum Gasteiger partial charge on any atom is -0.366 e. The van der Waals surface area contributed by atoms with E-state index in [0.717, 1.165) is 0 Å². The van der Waals surface area contributed by atoms with Gasteiger partial charge in [-0.05, 0) is 24.8 Å². The number of aromatic amines is 1. The number of nitrogens with two attached hydrogens (primary N) is 1. The molecule has 0 aliphatic heterocycles.